The number of ether oxygens (including phenoxy) is 1. The number of benzene rings is 1. The average Bonchev–Trinajstić information content (AvgIpc) is 3.15. The molecule has 2 aliphatic rings. The van der Waals surface area contributed by atoms with Crippen LogP contribution >= 0.6 is 0 Å². The maximum absolute atomic E-state index is 12.9. The standard InChI is InChI=1S/C20H23N5O2/c1-13-4-7-18-15(9-13)10-16(19-21-22-23-25(18)19)11-24(20(26)14-5-6-14)12-17-3-2-8-27-17/h4,7,9-10,14,17H,2-3,5-6,8,11-12H2,1H3. The molecule has 7 nitrogen and oxygen atoms in total. The zero-order chi connectivity index (χ0) is 18.4. The fourth-order valence-electron chi connectivity index (χ4n) is 3.96. The third-order valence-corrected chi connectivity index (χ3v) is 5.55. The Morgan fingerprint density at radius 3 is 2.96 bits per heavy atom. The number of carbonyl (C=O) groups excluding carboxylic acids is 1. The molecule has 1 saturated heterocycles. The molecule has 5 rings (SSSR count). The highest BCUT2D eigenvalue weighted by molar-refractivity contribution is 5.84. The minimum atomic E-state index is 0.141. The number of hydrogen-bond donors (Lipinski definition) is 0. The molecular weight excluding hydrogens is 342 g/mol. The molecule has 0 spiro atoms. The first-order valence-corrected chi connectivity index (χ1v) is 9.70. The Kier molecular flexibility index (Phi) is 4.04. The summed E-state index contributed by atoms with van der Waals surface area (Å²) in [7, 11) is 0. The van der Waals surface area contributed by atoms with E-state index in [4.69, 9.17) is 4.74 Å². The van der Waals surface area contributed by atoms with Gasteiger partial charge >= 0.3 is 0 Å². The molecule has 0 bridgehead atoms. The van der Waals surface area contributed by atoms with E-state index in [2.05, 4.69) is 40.6 Å². The maximum atomic E-state index is 12.9. The fraction of sp³-hybridized carbons (Fsp3) is 0.500. The highest BCUT2D eigenvalue weighted by Gasteiger charge is 2.35. The molecule has 2 aromatic heterocycles. The fourth-order valence-corrected chi connectivity index (χ4v) is 3.96. The predicted molar refractivity (Wildman–Crippen MR) is 100 cm³/mol. The number of tetrazole rings is 1. The van der Waals surface area contributed by atoms with Gasteiger partial charge in [0.1, 0.15) is 0 Å². The van der Waals surface area contributed by atoms with E-state index in [9.17, 15) is 4.79 Å². The van der Waals surface area contributed by atoms with Crippen LogP contribution in [0.25, 0.3) is 16.6 Å². The second-order valence-corrected chi connectivity index (χ2v) is 7.77. The molecule has 27 heavy (non-hydrogen) atoms. The highest BCUT2D eigenvalue weighted by atomic mass is 16.5. The van der Waals surface area contributed by atoms with Crippen molar-refractivity contribution in [3.05, 3.63) is 35.4 Å². The van der Waals surface area contributed by atoms with Crippen molar-refractivity contribution in [2.75, 3.05) is 13.2 Å². The summed E-state index contributed by atoms with van der Waals surface area (Å²) in [6.45, 7) is 4.03. The predicted octanol–water partition coefficient (Wildman–Crippen LogP) is 2.50. The number of fused-ring (bicyclic) bond motifs is 3. The number of rotatable bonds is 5. The third-order valence-electron chi connectivity index (χ3n) is 5.55. The lowest BCUT2D eigenvalue weighted by atomic mass is 10.1. The van der Waals surface area contributed by atoms with Gasteiger partial charge in [-0.25, -0.2) is 0 Å². The first-order valence-electron chi connectivity index (χ1n) is 9.70. The monoisotopic (exact) mass is 365 g/mol. The topological polar surface area (TPSA) is 72.6 Å². The van der Waals surface area contributed by atoms with E-state index in [1.807, 2.05) is 11.0 Å². The maximum Gasteiger partial charge on any atom is 0.226 e. The first kappa shape index (κ1) is 16.6. The largest absolute Gasteiger partial charge is 0.376 e. The van der Waals surface area contributed by atoms with E-state index in [0.717, 1.165) is 48.8 Å². The van der Waals surface area contributed by atoms with E-state index in [0.29, 0.717) is 18.7 Å². The lowest BCUT2D eigenvalue weighted by molar-refractivity contribution is -0.134. The molecule has 140 valence electrons. The van der Waals surface area contributed by atoms with E-state index < -0.39 is 0 Å². The lowest BCUT2D eigenvalue weighted by Crippen LogP contribution is -2.38. The number of aryl methyl sites for hydroxylation is 1. The summed E-state index contributed by atoms with van der Waals surface area (Å²) in [6.07, 6.45) is 4.23. The van der Waals surface area contributed by atoms with Crippen LogP contribution in [0.3, 0.4) is 0 Å². The van der Waals surface area contributed by atoms with E-state index in [-0.39, 0.29) is 17.9 Å². The molecule has 3 heterocycles. The van der Waals surface area contributed by atoms with Crippen LogP contribution in [-0.4, -0.2) is 50.1 Å². The van der Waals surface area contributed by atoms with Gasteiger partial charge in [0.2, 0.25) is 5.91 Å². The van der Waals surface area contributed by atoms with Crippen molar-refractivity contribution < 1.29 is 9.53 Å². The third kappa shape index (κ3) is 3.16. The van der Waals surface area contributed by atoms with Crippen molar-refractivity contribution >= 4 is 22.5 Å². The van der Waals surface area contributed by atoms with Gasteiger partial charge in [-0.05, 0) is 61.2 Å². The van der Waals surface area contributed by atoms with E-state index in [1.165, 1.54) is 5.56 Å². The quantitative estimate of drug-likeness (QED) is 0.695. The van der Waals surface area contributed by atoms with Gasteiger partial charge in [-0.2, -0.15) is 4.52 Å². The van der Waals surface area contributed by atoms with Crippen LogP contribution < -0.4 is 0 Å². The second-order valence-electron chi connectivity index (χ2n) is 7.77. The summed E-state index contributed by atoms with van der Waals surface area (Å²) in [6, 6.07) is 8.35. The molecule has 1 aliphatic heterocycles. The smallest absolute Gasteiger partial charge is 0.226 e. The van der Waals surface area contributed by atoms with Gasteiger partial charge in [-0.3, -0.25) is 4.79 Å². The van der Waals surface area contributed by atoms with Crippen molar-refractivity contribution in [1.29, 1.82) is 0 Å². The second kappa shape index (κ2) is 6.56. The number of amides is 1. The van der Waals surface area contributed by atoms with Gasteiger partial charge in [-0.15, -0.1) is 5.10 Å². The molecule has 7 heteroatoms. The molecule has 2 fully saturated rings. The van der Waals surface area contributed by atoms with Crippen LogP contribution in [0.2, 0.25) is 0 Å². The van der Waals surface area contributed by atoms with E-state index in [1.54, 1.807) is 4.52 Å². The van der Waals surface area contributed by atoms with Crippen molar-refractivity contribution in [3.8, 4) is 0 Å². The minimum absolute atomic E-state index is 0.141. The SMILES string of the molecule is Cc1ccc2c(c1)cc(CN(CC1CCCO1)C(=O)C1CC1)c1nnnn12. The summed E-state index contributed by atoms with van der Waals surface area (Å²) >= 11 is 0. The van der Waals surface area contributed by atoms with E-state index >= 15 is 0 Å². The van der Waals surface area contributed by atoms with Gasteiger partial charge in [0.25, 0.3) is 0 Å². The molecule has 1 aliphatic carbocycles. The molecular formula is C20H23N5O2. The van der Waals surface area contributed by atoms with Gasteiger partial charge in [0, 0.05) is 36.6 Å². The Morgan fingerprint density at radius 1 is 1.30 bits per heavy atom. The van der Waals surface area contributed by atoms with Crippen LogP contribution in [-0.2, 0) is 16.1 Å². The molecule has 0 radical (unpaired) electrons. The number of pyridine rings is 1. The summed E-state index contributed by atoms with van der Waals surface area (Å²) in [4.78, 5) is 14.9. The van der Waals surface area contributed by atoms with Crippen molar-refractivity contribution in [3.63, 3.8) is 0 Å². The average molecular weight is 365 g/mol. The molecule has 0 N–H and O–H groups in total. The van der Waals surface area contributed by atoms with Gasteiger partial charge in [0.05, 0.1) is 11.6 Å². The zero-order valence-corrected chi connectivity index (χ0v) is 15.5. The zero-order valence-electron chi connectivity index (χ0n) is 15.5. The molecule has 3 aromatic rings. The number of carbonyl (C=O) groups is 1. The first-order chi connectivity index (χ1) is 13.2. The van der Waals surface area contributed by atoms with Crippen molar-refractivity contribution in [2.45, 2.75) is 45.3 Å². The van der Waals surface area contributed by atoms with Crippen LogP contribution in [0.5, 0.6) is 0 Å². The number of hydrogen-bond acceptors (Lipinski definition) is 5. The summed E-state index contributed by atoms with van der Waals surface area (Å²) in [5.41, 5.74) is 3.85. The Bertz CT molecular complexity index is 1000. The molecule has 1 saturated carbocycles. The molecule has 1 unspecified atom stereocenters. The lowest BCUT2D eigenvalue weighted by Gasteiger charge is -2.26. The van der Waals surface area contributed by atoms with Crippen molar-refractivity contribution in [1.82, 2.24) is 24.9 Å². The van der Waals surface area contributed by atoms with Gasteiger partial charge in [0.15, 0.2) is 5.65 Å². The number of nitrogens with zero attached hydrogens (tertiary/aromatic N) is 5. The Hall–Kier alpha value is -2.54. The highest BCUT2D eigenvalue weighted by Crippen LogP contribution is 2.32. The molecule has 1 amide bonds. The normalized spacial score (nSPS) is 19.8. The number of aromatic nitrogens is 4. The van der Waals surface area contributed by atoms with Crippen LogP contribution in [0.4, 0.5) is 0 Å². The van der Waals surface area contributed by atoms with Crippen LogP contribution in [0.1, 0.15) is 36.8 Å². The summed E-state index contributed by atoms with van der Waals surface area (Å²) in [5.74, 6) is 0.418. The van der Waals surface area contributed by atoms with Crippen molar-refractivity contribution in [2.24, 2.45) is 5.92 Å². The minimum Gasteiger partial charge on any atom is -0.376 e. The van der Waals surface area contributed by atoms with Crippen LogP contribution in [0.15, 0.2) is 24.3 Å². The van der Waals surface area contributed by atoms with Gasteiger partial charge < -0.3 is 9.64 Å². The van der Waals surface area contributed by atoms with Gasteiger partial charge in [-0.1, -0.05) is 11.6 Å². The Morgan fingerprint density at radius 2 is 2.19 bits per heavy atom. The van der Waals surface area contributed by atoms with Crippen LogP contribution in [0, 0.1) is 12.8 Å². The Balaban J connectivity index is 1.53. The molecule has 1 atom stereocenters. The summed E-state index contributed by atoms with van der Waals surface area (Å²) < 4.78 is 7.56. The molecule has 1 aromatic carbocycles. The Labute approximate surface area is 157 Å². The summed E-state index contributed by atoms with van der Waals surface area (Å²) in [5, 5.41) is 13.4.